The number of alkyl halides is 1. The Kier molecular flexibility index (Phi) is 9.98. The van der Waals surface area contributed by atoms with Crippen molar-refractivity contribution in [1.29, 1.82) is 0 Å². The first-order valence-corrected chi connectivity index (χ1v) is 9.86. The predicted molar refractivity (Wildman–Crippen MR) is 101 cm³/mol. The van der Waals surface area contributed by atoms with Crippen LogP contribution in [0.15, 0.2) is 0 Å². The van der Waals surface area contributed by atoms with E-state index in [1.165, 1.54) is 9.80 Å². The monoisotopic (exact) mass is 481 g/mol. The average Bonchev–Trinajstić information content (AvgIpc) is 2.58. The number of nitrogens with zero attached hydrogens (tertiary/aromatic N) is 2. The van der Waals surface area contributed by atoms with Gasteiger partial charge >= 0.3 is 23.9 Å². The Labute approximate surface area is 174 Å². The molecule has 1 unspecified atom stereocenters. The molecule has 0 aromatic heterocycles. The number of nitrogens with one attached hydrogen (secondary N) is 1. The van der Waals surface area contributed by atoms with Crippen molar-refractivity contribution in [2.24, 2.45) is 0 Å². The molecular formula is C16H24BrN3O9. The van der Waals surface area contributed by atoms with E-state index in [9.17, 15) is 34.2 Å². The maximum atomic E-state index is 11.7. The highest BCUT2D eigenvalue weighted by Crippen LogP contribution is 2.28. The van der Waals surface area contributed by atoms with Gasteiger partial charge in [-0.2, -0.15) is 0 Å². The van der Waals surface area contributed by atoms with E-state index >= 15 is 0 Å². The summed E-state index contributed by atoms with van der Waals surface area (Å²) in [5, 5.41) is 39.4. The molecule has 12 nitrogen and oxygen atoms in total. The summed E-state index contributed by atoms with van der Waals surface area (Å²) >= 11 is 3.02. The molecule has 0 aliphatic heterocycles. The summed E-state index contributed by atoms with van der Waals surface area (Å²) in [5.74, 6) is -5.38. The van der Waals surface area contributed by atoms with Crippen LogP contribution < -0.4 is 5.32 Å². The Morgan fingerprint density at radius 1 is 0.759 bits per heavy atom. The van der Waals surface area contributed by atoms with Gasteiger partial charge < -0.3 is 25.7 Å². The SMILES string of the molecule is O=C(O)CN(CC(=O)O)[C@@H]1CCC(NC(=O)CBr)C[C@H]1N(CC(=O)O)CC(=O)O. The number of amides is 1. The van der Waals surface area contributed by atoms with Gasteiger partial charge in [-0.3, -0.25) is 33.8 Å². The fourth-order valence-electron chi connectivity index (χ4n) is 3.62. The van der Waals surface area contributed by atoms with E-state index in [0.29, 0.717) is 6.42 Å². The minimum atomic E-state index is -1.28. The molecule has 29 heavy (non-hydrogen) atoms. The van der Waals surface area contributed by atoms with E-state index in [1.54, 1.807) is 0 Å². The van der Waals surface area contributed by atoms with Crippen molar-refractivity contribution in [2.75, 3.05) is 31.5 Å². The van der Waals surface area contributed by atoms with Crippen molar-refractivity contribution >= 4 is 45.7 Å². The van der Waals surface area contributed by atoms with Crippen LogP contribution >= 0.6 is 15.9 Å². The van der Waals surface area contributed by atoms with Gasteiger partial charge in [0, 0.05) is 18.1 Å². The zero-order valence-electron chi connectivity index (χ0n) is 15.5. The minimum Gasteiger partial charge on any atom is -0.480 e. The van der Waals surface area contributed by atoms with Crippen molar-refractivity contribution in [1.82, 2.24) is 15.1 Å². The van der Waals surface area contributed by atoms with Gasteiger partial charge in [-0.15, -0.1) is 0 Å². The Balaban J connectivity index is 3.21. The Hall–Kier alpha value is -2.25. The number of hydrogen-bond donors (Lipinski definition) is 5. The van der Waals surface area contributed by atoms with Gasteiger partial charge in [0.15, 0.2) is 0 Å². The molecule has 1 saturated carbocycles. The van der Waals surface area contributed by atoms with Crippen molar-refractivity contribution in [3.63, 3.8) is 0 Å². The summed E-state index contributed by atoms with van der Waals surface area (Å²) < 4.78 is 0. The van der Waals surface area contributed by atoms with Crippen LogP contribution in [0.25, 0.3) is 0 Å². The van der Waals surface area contributed by atoms with E-state index in [0.717, 1.165) is 0 Å². The third-order valence-electron chi connectivity index (χ3n) is 4.56. The fourth-order valence-corrected chi connectivity index (χ4v) is 3.78. The maximum Gasteiger partial charge on any atom is 0.317 e. The first kappa shape index (κ1) is 24.8. The average molecular weight is 482 g/mol. The fraction of sp³-hybridized carbons (Fsp3) is 0.688. The standard InChI is InChI=1S/C16H24BrN3O9/c17-4-12(21)18-9-1-2-10(19(5-13(22)23)6-14(24)25)11(3-9)20(7-15(26)27)8-16(28)29/h9-11H,1-8H2,(H,18,21)(H,22,23)(H,24,25)(H,26,27)(H,28,29)/t9?,10-,11-/m1/s1. The second-order valence-corrected chi connectivity index (χ2v) is 7.29. The van der Waals surface area contributed by atoms with Crippen LogP contribution in [0.2, 0.25) is 0 Å². The molecule has 0 saturated heterocycles. The Bertz CT molecular complexity index is 613. The van der Waals surface area contributed by atoms with Crippen molar-refractivity contribution in [2.45, 2.75) is 37.4 Å². The Morgan fingerprint density at radius 3 is 1.55 bits per heavy atom. The smallest absolute Gasteiger partial charge is 0.317 e. The minimum absolute atomic E-state index is 0.0513. The molecule has 13 heteroatoms. The predicted octanol–water partition coefficient (Wildman–Crippen LogP) is -1.27. The van der Waals surface area contributed by atoms with E-state index < -0.39 is 62.1 Å². The van der Waals surface area contributed by atoms with Crippen LogP contribution in [-0.2, 0) is 24.0 Å². The normalized spacial score (nSPS) is 21.7. The lowest BCUT2D eigenvalue weighted by Gasteiger charge is -2.45. The second-order valence-electron chi connectivity index (χ2n) is 6.73. The zero-order valence-corrected chi connectivity index (χ0v) is 17.1. The maximum absolute atomic E-state index is 11.7. The number of aliphatic carboxylic acids is 4. The molecule has 0 aromatic carbocycles. The second kappa shape index (κ2) is 11.7. The number of carboxylic acids is 4. The molecule has 0 heterocycles. The highest BCUT2D eigenvalue weighted by atomic mass is 79.9. The molecule has 1 fully saturated rings. The summed E-state index contributed by atoms with van der Waals surface area (Å²) in [5.41, 5.74) is 0. The molecule has 0 spiro atoms. The lowest BCUT2D eigenvalue weighted by atomic mass is 9.84. The topological polar surface area (TPSA) is 185 Å². The van der Waals surface area contributed by atoms with Gasteiger partial charge in [0.2, 0.25) is 5.91 Å². The largest absolute Gasteiger partial charge is 0.480 e. The number of halogens is 1. The molecule has 1 amide bonds. The van der Waals surface area contributed by atoms with E-state index in [2.05, 4.69) is 21.2 Å². The van der Waals surface area contributed by atoms with Gasteiger partial charge in [0.05, 0.1) is 31.5 Å². The van der Waals surface area contributed by atoms with E-state index in [-0.39, 0.29) is 30.1 Å². The number of carboxylic acid groups (broad SMARTS) is 4. The molecule has 164 valence electrons. The third-order valence-corrected chi connectivity index (χ3v) is 5.07. The molecule has 0 radical (unpaired) electrons. The molecular weight excluding hydrogens is 458 g/mol. The van der Waals surface area contributed by atoms with Crippen LogP contribution in [0.3, 0.4) is 0 Å². The van der Waals surface area contributed by atoms with Crippen LogP contribution in [0, 0.1) is 0 Å². The van der Waals surface area contributed by atoms with Gasteiger partial charge in [-0.25, -0.2) is 0 Å². The molecule has 0 bridgehead atoms. The zero-order chi connectivity index (χ0) is 22.1. The van der Waals surface area contributed by atoms with Crippen LogP contribution in [0.1, 0.15) is 19.3 Å². The number of carbonyl (C=O) groups excluding carboxylic acids is 1. The van der Waals surface area contributed by atoms with Crippen LogP contribution in [0.4, 0.5) is 0 Å². The Morgan fingerprint density at radius 2 is 1.17 bits per heavy atom. The van der Waals surface area contributed by atoms with E-state index in [4.69, 9.17) is 10.2 Å². The molecule has 1 aliphatic carbocycles. The third kappa shape index (κ3) is 8.75. The molecule has 0 aromatic rings. The molecule has 3 atom stereocenters. The summed E-state index contributed by atoms with van der Waals surface area (Å²) in [6, 6.07) is -1.88. The number of carbonyl (C=O) groups is 5. The van der Waals surface area contributed by atoms with Crippen LogP contribution in [0.5, 0.6) is 0 Å². The van der Waals surface area contributed by atoms with Gasteiger partial charge in [0.25, 0.3) is 0 Å². The van der Waals surface area contributed by atoms with Crippen LogP contribution in [-0.4, -0.2) is 110 Å². The lowest BCUT2D eigenvalue weighted by Crippen LogP contribution is -2.60. The summed E-state index contributed by atoms with van der Waals surface area (Å²) in [6.45, 7) is -2.44. The lowest BCUT2D eigenvalue weighted by molar-refractivity contribution is -0.149. The highest BCUT2D eigenvalue weighted by Gasteiger charge is 2.40. The van der Waals surface area contributed by atoms with Crippen molar-refractivity contribution in [3.8, 4) is 0 Å². The van der Waals surface area contributed by atoms with Crippen molar-refractivity contribution in [3.05, 3.63) is 0 Å². The van der Waals surface area contributed by atoms with Gasteiger partial charge in [-0.05, 0) is 19.3 Å². The summed E-state index contributed by atoms with van der Waals surface area (Å²) in [7, 11) is 0. The van der Waals surface area contributed by atoms with Gasteiger partial charge in [0.1, 0.15) is 0 Å². The quantitative estimate of drug-likeness (QED) is 0.209. The molecule has 1 rings (SSSR count). The number of hydrogen-bond acceptors (Lipinski definition) is 7. The first-order valence-electron chi connectivity index (χ1n) is 8.74. The summed E-state index contributed by atoms with van der Waals surface area (Å²) in [4.78, 5) is 59.0. The number of rotatable bonds is 12. The summed E-state index contributed by atoms with van der Waals surface area (Å²) in [6.07, 6.45) is 0.817. The van der Waals surface area contributed by atoms with E-state index in [1.807, 2.05) is 0 Å². The highest BCUT2D eigenvalue weighted by molar-refractivity contribution is 9.09. The van der Waals surface area contributed by atoms with Crippen molar-refractivity contribution < 1.29 is 44.4 Å². The first-order chi connectivity index (χ1) is 13.5. The molecule has 5 N–H and O–H groups in total. The molecule has 1 aliphatic rings. The van der Waals surface area contributed by atoms with Gasteiger partial charge in [-0.1, -0.05) is 15.9 Å².